The predicted molar refractivity (Wildman–Crippen MR) is 79.4 cm³/mol. The molecule has 3 rings (SSSR count). The Morgan fingerprint density at radius 3 is 2.95 bits per heavy atom. The van der Waals surface area contributed by atoms with E-state index in [1.54, 1.807) is 12.1 Å². The third-order valence-corrected chi connectivity index (χ3v) is 4.06. The molecule has 8 heteroatoms. The lowest BCUT2D eigenvalue weighted by Gasteiger charge is -2.21. The molecule has 1 aromatic carbocycles. The summed E-state index contributed by atoms with van der Waals surface area (Å²) in [5, 5.41) is 6.09. The maximum atomic E-state index is 12.5. The molecule has 2 heterocycles. The van der Waals surface area contributed by atoms with Crippen LogP contribution >= 0.6 is 15.9 Å². The van der Waals surface area contributed by atoms with Crippen LogP contribution in [0.15, 0.2) is 28.9 Å². The van der Waals surface area contributed by atoms with E-state index in [1.807, 2.05) is 0 Å². The van der Waals surface area contributed by atoms with Crippen molar-refractivity contribution in [2.45, 2.75) is 19.4 Å². The summed E-state index contributed by atoms with van der Waals surface area (Å²) in [7, 11) is 0. The number of nitrogens with one attached hydrogen (secondary N) is 1. The molecule has 1 aromatic heterocycles. The summed E-state index contributed by atoms with van der Waals surface area (Å²) in [6.07, 6.45) is 2.81. The van der Waals surface area contributed by atoms with Crippen LogP contribution in [-0.4, -0.2) is 22.3 Å². The fourth-order valence-electron chi connectivity index (χ4n) is 2.30. The van der Waals surface area contributed by atoms with Gasteiger partial charge < -0.3 is 10.1 Å². The van der Waals surface area contributed by atoms with Gasteiger partial charge in [-0.2, -0.15) is 13.9 Å². The van der Waals surface area contributed by atoms with Gasteiger partial charge in [0.1, 0.15) is 5.75 Å². The third-order valence-electron chi connectivity index (χ3n) is 3.32. The molecule has 1 aliphatic heterocycles. The van der Waals surface area contributed by atoms with Gasteiger partial charge in [0.2, 0.25) is 0 Å². The second-order valence-electron chi connectivity index (χ2n) is 4.77. The van der Waals surface area contributed by atoms with Gasteiger partial charge in [-0.15, -0.1) is 0 Å². The van der Waals surface area contributed by atoms with Gasteiger partial charge in [0.15, 0.2) is 5.82 Å². The van der Waals surface area contributed by atoms with Crippen molar-refractivity contribution >= 4 is 27.7 Å². The van der Waals surface area contributed by atoms with Crippen LogP contribution in [0.2, 0.25) is 0 Å². The molecule has 0 atom stereocenters. The second kappa shape index (κ2) is 6.04. The molecule has 2 aromatic rings. The summed E-state index contributed by atoms with van der Waals surface area (Å²) in [6.45, 7) is -2.20. The highest BCUT2D eigenvalue weighted by atomic mass is 79.9. The molecular weight excluding hydrogens is 360 g/mol. The molecule has 0 spiro atoms. The number of halogens is 3. The predicted octanol–water partition coefficient (Wildman–Crippen LogP) is 3.62. The van der Waals surface area contributed by atoms with Crippen LogP contribution < -0.4 is 10.1 Å². The molecule has 1 aliphatic rings. The van der Waals surface area contributed by atoms with Gasteiger partial charge in [-0.1, -0.05) is 15.9 Å². The van der Waals surface area contributed by atoms with Gasteiger partial charge >= 0.3 is 6.55 Å². The lowest BCUT2D eigenvalue weighted by molar-refractivity contribution is 0.0568. The first-order valence-electron chi connectivity index (χ1n) is 6.65. The number of hydrogen-bond acceptors (Lipinski definition) is 3. The molecule has 0 unspecified atom stereocenters. The maximum absolute atomic E-state index is 12.5. The number of carbonyl (C=O) groups excluding carboxylic acids is 1. The Labute approximate surface area is 133 Å². The number of amides is 1. The number of alkyl halides is 2. The fourth-order valence-corrected chi connectivity index (χ4v) is 2.81. The Morgan fingerprint density at radius 2 is 2.23 bits per heavy atom. The van der Waals surface area contributed by atoms with Crippen LogP contribution in [0.3, 0.4) is 0 Å². The molecule has 0 saturated heterocycles. The summed E-state index contributed by atoms with van der Waals surface area (Å²) < 4.78 is 31.9. The van der Waals surface area contributed by atoms with Gasteiger partial charge in [-0.3, -0.25) is 4.79 Å². The Morgan fingerprint density at radius 1 is 1.41 bits per heavy atom. The minimum atomic E-state index is -2.74. The Hall–Kier alpha value is -1.96. The van der Waals surface area contributed by atoms with Crippen LogP contribution in [0.1, 0.15) is 28.9 Å². The highest BCUT2D eigenvalue weighted by molar-refractivity contribution is 9.10. The number of anilines is 1. The van der Waals surface area contributed by atoms with E-state index in [0.29, 0.717) is 22.6 Å². The van der Waals surface area contributed by atoms with Crippen molar-refractivity contribution < 1.29 is 18.3 Å². The van der Waals surface area contributed by atoms with E-state index in [0.717, 1.165) is 29.1 Å². The summed E-state index contributed by atoms with van der Waals surface area (Å²) in [6, 6.07) is 4.73. The quantitative estimate of drug-likeness (QED) is 0.896. The van der Waals surface area contributed by atoms with Gasteiger partial charge in [0.25, 0.3) is 5.91 Å². The number of fused-ring (bicyclic) bond motifs is 1. The maximum Gasteiger partial charge on any atom is 0.333 e. The van der Waals surface area contributed by atoms with Crippen molar-refractivity contribution in [2.24, 2.45) is 0 Å². The van der Waals surface area contributed by atoms with Gasteiger partial charge in [-0.25, -0.2) is 4.68 Å². The van der Waals surface area contributed by atoms with Crippen LogP contribution in [0.25, 0.3) is 0 Å². The molecule has 0 aliphatic carbocycles. The number of benzene rings is 1. The normalized spacial score (nSPS) is 13.6. The standard InChI is InChI=1S/C14H12BrF2N3O2/c15-10-4-3-9(12-8(10)2-1-7-22-12)13(21)18-11-5-6-20(19-11)14(16)17/h3-6,14H,1-2,7H2,(H,18,19,21). The zero-order valence-corrected chi connectivity index (χ0v) is 12.9. The van der Waals surface area contributed by atoms with Crippen molar-refractivity contribution in [1.29, 1.82) is 0 Å². The Kier molecular flexibility index (Phi) is 4.10. The first-order chi connectivity index (χ1) is 10.6. The summed E-state index contributed by atoms with van der Waals surface area (Å²) in [5.74, 6) is 0.161. The molecule has 1 N–H and O–H groups in total. The van der Waals surface area contributed by atoms with E-state index in [-0.39, 0.29) is 5.82 Å². The highest BCUT2D eigenvalue weighted by Crippen LogP contribution is 2.35. The molecule has 22 heavy (non-hydrogen) atoms. The molecule has 0 fully saturated rings. The summed E-state index contributed by atoms with van der Waals surface area (Å²) >= 11 is 3.44. The van der Waals surface area contributed by atoms with Gasteiger partial charge in [0, 0.05) is 22.3 Å². The molecule has 5 nitrogen and oxygen atoms in total. The first kappa shape index (κ1) is 15.0. The van der Waals surface area contributed by atoms with Crippen molar-refractivity contribution in [1.82, 2.24) is 9.78 Å². The van der Waals surface area contributed by atoms with E-state index < -0.39 is 12.5 Å². The monoisotopic (exact) mass is 371 g/mol. The van der Waals surface area contributed by atoms with Crippen molar-refractivity contribution in [3.05, 3.63) is 40.0 Å². The number of rotatable bonds is 3. The van der Waals surface area contributed by atoms with Gasteiger partial charge in [0.05, 0.1) is 12.2 Å². The lowest BCUT2D eigenvalue weighted by atomic mass is 10.0. The average molecular weight is 372 g/mol. The van der Waals surface area contributed by atoms with Crippen molar-refractivity contribution in [3.63, 3.8) is 0 Å². The zero-order chi connectivity index (χ0) is 15.7. The smallest absolute Gasteiger partial charge is 0.333 e. The van der Waals surface area contributed by atoms with Crippen LogP contribution in [0, 0.1) is 0 Å². The molecule has 0 saturated carbocycles. The molecule has 1 amide bonds. The number of ether oxygens (including phenoxy) is 1. The van der Waals surface area contributed by atoms with Crippen molar-refractivity contribution in [2.75, 3.05) is 11.9 Å². The van der Waals surface area contributed by atoms with Crippen molar-refractivity contribution in [3.8, 4) is 5.75 Å². The number of carbonyl (C=O) groups is 1. The SMILES string of the molecule is O=C(Nc1ccn(C(F)F)n1)c1ccc(Br)c2c1OCCC2. The van der Waals surface area contributed by atoms with Crippen LogP contribution in [0.5, 0.6) is 5.75 Å². The van der Waals surface area contributed by atoms with E-state index >= 15 is 0 Å². The van der Waals surface area contributed by atoms with Gasteiger partial charge in [-0.05, 0) is 25.0 Å². The van der Waals surface area contributed by atoms with E-state index in [9.17, 15) is 13.6 Å². The van der Waals surface area contributed by atoms with Crippen LogP contribution in [0.4, 0.5) is 14.6 Å². The molecular formula is C14H12BrF2N3O2. The van der Waals surface area contributed by atoms with E-state index in [4.69, 9.17) is 4.74 Å². The Bertz CT molecular complexity index is 718. The minimum Gasteiger partial charge on any atom is -0.492 e. The average Bonchev–Trinajstić information content (AvgIpc) is 2.96. The molecule has 116 valence electrons. The number of nitrogens with zero attached hydrogens (tertiary/aromatic N) is 2. The molecule has 0 bridgehead atoms. The van der Waals surface area contributed by atoms with E-state index in [1.165, 1.54) is 6.07 Å². The third kappa shape index (κ3) is 2.83. The lowest BCUT2D eigenvalue weighted by Crippen LogP contribution is -2.18. The van der Waals surface area contributed by atoms with Crippen LogP contribution in [-0.2, 0) is 6.42 Å². The first-order valence-corrected chi connectivity index (χ1v) is 7.44. The topological polar surface area (TPSA) is 56.2 Å². The second-order valence-corrected chi connectivity index (χ2v) is 5.62. The summed E-state index contributed by atoms with van der Waals surface area (Å²) in [5.41, 5.74) is 1.31. The molecule has 0 radical (unpaired) electrons. The Balaban J connectivity index is 1.86. The van der Waals surface area contributed by atoms with E-state index in [2.05, 4.69) is 26.3 Å². The number of hydrogen-bond donors (Lipinski definition) is 1. The summed E-state index contributed by atoms with van der Waals surface area (Å²) in [4.78, 5) is 12.3. The zero-order valence-electron chi connectivity index (χ0n) is 11.4. The number of aromatic nitrogens is 2. The fraction of sp³-hybridized carbons (Fsp3) is 0.286. The minimum absolute atomic E-state index is 0.0674. The largest absolute Gasteiger partial charge is 0.492 e. The highest BCUT2D eigenvalue weighted by Gasteiger charge is 2.22.